The summed E-state index contributed by atoms with van der Waals surface area (Å²) in [6.45, 7) is 6.88. The van der Waals surface area contributed by atoms with E-state index in [1.807, 2.05) is 13.0 Å². The summed E-state index contributed by atoms with van der Waals surface area (Å²) in [5.41, 5.74) is 1.74. The van der Waals surface area contributed by atoms with Gasteiger partial charge in [-0.2, -0.15) is 0 Å². The van der Waals surface area contributed by atoms with E-state index in [0.717, 1.165) is 11.1 Å². The Morgan fingerprint density at radius 2 is 1.95 bits per heavy atom. The smallest absolute Gasteiger partial charge is 0.158 e. The Labute approximate surface area is 127 Å². The van der Waals surface area contributed by atoms with Gasteiger partial charge in [0.15, 0.2) is 9.84 Å². The molecule has 0 amide bonds. The zero-order valence-corrected chi connectivity index (χ0v) is 13.8. The van der Waals surface area contributed by atoms with Gasteiger partial charge in [-0.05, 0) is 51.5 Å². The van der Waals surface area contributed by atoms with Crippen molar-refractivity contribution in [2.45, 2.75) is 32.4 Å². The standard InChI is InChI=1S/C16H22O4S/c1-13-12-15(8-7-14(13)6-5-9-17)20-10-11-21(18,19)16(2,3)4/h7-8,12,17H,9-11H2,1-4H3. The molecule has 1 aromatic rings. The molecule has 0 saturated heterocycles. The lowest BCUT2D eigenvalue weighted by Crippen LogP contribution is -2.32. The van der Waals surface area contributed by atoms with Gasteiger partial charge in [-0.3, -0.25) is 0 Å². The van der Waals surface area contributed by atoms with Crippen molar-refractivity contribution < 1.29 is 18.3 Å². The van der Waals surface area contributed by atoms with Crippen LogP contribution in [0.4, 0.5) is 0 Å². The lowest BCUT2D eigenvalue weighted by molar-refractivity contribution is 0.339. The van der Waals surface area contributed by atoms with E-state index >= 15 is 0 Å². The van der Waals surface area contributed by atoms with E-state index in [9.17, 15) is 8.42 Å². The molecule has 1 aromatic carbocycles. The highest BCUT2D eigenvalue weighted by Gasteiger charge is 2.28. The Bertz CT molecular complexity index is 643. The van der Waals surface area contributed by atoms with Gasteiger partial charge < -0.3 is 9.84 Å². The molecule has 0 spiro atoms. The highest BCUT2D eigenvalue weighted by molar-refractivity contribution is 7.92. The fraction of sp³-hybridized carbons (Fsp3) is 0.500. The summed E-state index contributed by atoms with van der Waals surface area (Å²) in [5, 5.41) is 8.68. The first-order valence-corrected chi connectivity index (χ1v) is 8.38. The third kappa shape index (κ3) is 5.07. The molecule has 0 aliphatic carbocycles. The van der Waals surface area contributed by atoms with Crippen LogP contribution in [0.5, 0.6) is 5.75 Å². The van der Waals surface area contributed by atoms with Crippen LogP contribution in [0.1, 0.15) is 31.9 Å². The Kier molecular flexibility index (Phi) is 5.82. The second-order valence-electron chi connectivity index (χ2n) is 5.72. The van der Waals surface area contributed by atoms with E-state index in [4.69, 9.17) is 9.84 Å². The van der Waals surface area contributed by atoms with Crippen LogP contribution in [-0.4, -0.2) is 37.2 Å². The third-order valence-electron chi connectivity index (χ3n) is 3.05. The molecule has 21 heavy (non-hydrogen) atoms. The van der Waals surface area contributed by atoms with Crippen LogP contribution in [0.15, 0.2) is 18.2 Å². The molecule has 4 nitrogen and oxygen atoms in total. The average molecular weight is 310 g/mol. The van der Waals surface area contributed by atoms with E-state index < -0.39 is 14.6 Å². The number of ether oxygens (including phenoxy) is 1. The normalized spacial score (nSPS) is 11.7. The Balaban J connectivity index is 2.68. The predicted octanol–water partition coefficient (Wildman–Crippen LogP) is 1.93. The maximum Gasteiger partial charge on any atom is 0.158 e. The molecule has 0 aromatic heterocycles. The van der Waals surface area contributed by atoms with Crippen LogP contribution in [0.25, 0.3) is 0 Å². The highest BCUT2D eigenvalue weighted by Crippen LogP contribution is 2.19. The van der Waals surface area contributed by atoms with Gasteiger partial charge in [0.1, 0.15) is 19.0 Å². The van der Waals surface area contributed by atoms with Gasteiger partial charge in [0.05, 0.1) is 10.5 Å². The van der Waals surface area contributed by atoms with Gasteiger partial charge in [-0.15, -0.1) is 0 Å². The van der Waals surface area contributed by atoms with Crippen LogP contribution in [0, 0.1) is 18.8 Å². The molecule has 116 valence electrons. The molecule has 0 heterocycles. The fourth-order valence-corrected chi connectivity index (χ4v) is 2.49. The second kappa shape index (κ2) is 6.97. The summed E-state index contributed by atoms with van der Waals surface area (Å²) in [6.07, 6.45) is 0. The van der Waals surface area contributed by atoms with E-state index in [2.05, 4.69) is 11.8 Å². The summed E-state index contributed by atoms with van der Waals surface area (Å²) >= 11 is 0. The molecule has 0 saturated carbocycles. The van der Waals surface area contributed by atoms with Gasteiger partial charge in [0, 0.05) is 5.56 Å². The van der Waals surface area contributed by atoms with Crippen molar-refractivity contribution in [2.75, 3.05) is 19.0 Å². The summed E-state index contributed by atoms with van der Waals surface area (Å²) in [4.78, 5) is 0. The summed E-state index contributed by atoms with van der Waals surface area (Å²) in [5.74, 6) is 6.03. The number of benzene rings is 1. The van der Waals surface area contributed by atoms with E-state index in [1.54, 1.807) is 32.9 Å². The Hall–Kier alpha value is -1.51. The predicted molar refractivity (Wildman–Crippen MR) is 84.2 cm³/mol. The fourth-order valence-electron chi connectivity index (χ4n) is 1.58. The zero-order chi connectivity index (χ0) is 16.1. The first kappa shape index (κ1) is 17.5. The van der Waals surface area contributed by atoms with Crippen molar-refractivity contribution in [3.63, 3.8) is 0 Å². The van der Waals surface area contributed by atoms with Crippen molar-refractivity contribution in [2.24, 2.45) is 0 Å². The zero-order valence-electron chi connectivity index (χ0n) is 12.9. The van der Waals surface area contributed by atoms with Crippen molar-refractivity contribution in [1.82, 2.24) is 0 Å². The SMILES string of the molecule is Cc1cc(OCCS(=O)(=O)C(C)(C)C)ccc1C#CCO. The van der Waals surface area contributed by atoms with Crippen molar-refractivity contribution >= 4 is 9.84 Å². The summed E-state index contributed by atoms with van der Waals surface area (Å²) in [6, 6.07) is 5.36. The molecular weight excluding hydrogens is 288 g/mol. The molecule has 5 heteroatoms. The van der Waals surface area contributed by atoms with Crippen molar-refractivity contribution in [3.05, 3.63) is 29.3 Å². The molecular formula is C16H22O4S. The average Bonchev–Trinajstić information content (AvgIpc) is 2.36. The van der Waals surface area contributed by atoms with Gasteiger partial charge in [-0.25, -0.2) is 8.42 Å². The molecule has 0 fully saturated rings. The summed E-state index contributed by atoms with van der Waals surface area (Å²) < 4.78 is 28.7. The van der Waals surface area contributed by atoms with Crippen LogP contribution in [0.3, 0.4) is 0 Å². The quantitative estimate of drug-likeness (QED) is 0.863. The number of sulfone groups is 1. The van der Waals surface area contributed by atoms with Crippen LogP contribution < -0.4 is 4.74 Å². The van der Waals surface area contributed by atoms with Crippen molar-refractivity contribution in [1.29, 1.82) is 0 Å². The van der Waals surface area contributed by atoms with Gasteiger partial charge in [0.25, 0.3) is 0 Å². The van der Waals surface area contributed by atoms with Crippen LogP contribution in [0.2, 0.25) is 0 Å². The highest BCUT2D eigenvalue weighted by atomic mass is 32.2. The number of hydrogen-bond acceptors (Lipinski definition) is 4. The van der Waals surface area contributed by atoms with E-state index in [0.29, 0.717) is 5.75 Å². The second-order valence-corrected chi connectivity index (χ2v) is 8.58. The maximum atomic E-state index is 12.0. The number of aliphatic hydroxyl groups is 1. The van der Waals surface area contributed by atoms with E-state index in [-0.39, 0.29) is 19.0 Å². The number of aryl methyl sites for hydroxylation is 1. The van der Waals surface area contributed by atoms with Crippen molar-refractivity contribution in [3.8, 4) is 17.6 Å². The first-order chi connectivity index (χ1) is 9.67. The summed E-state index contributed by atoms with van der Waals surface area (Å²) in [7, 11) is -3.17. The van der Waals surface area contributed by atoms with Crippen LogP contribution >= 0.6 is 0 Å². The number of aliphatic hydroxyl groups excluding tert-OH is 1. The molecule has 1 N–H and O–H groups in total. The maximum absolute atomic E-state index is 12.0. The molecule has 0 aliphatic heterocycles. The van der Waals surface area contributed by atoms with Gasteiger partial charge in [0.2, 0.25) is 0 Å². The molecule has 0 atom stereocenters. The van der Waals surface area contributed by atoms with Gasteiger partial charge >= 0.3 is 0 Å². The molecule has 0 aliphatic rings. The first-order valence-electron chi connectivity index (χ1n) is 6.73. The lowest BCUT2D eigenvalue weighted by atomic mass is 10.1. The number of rotatable bonds is 4. The minimum Gasteiger partial charge on any atom is -0.493 e. The topological polar surface area (TPSA) is 63.6 Å². The van der Waals surface area contributed by atoms with E-state index in [1.165, 1.54) is 0 Å². The largest absolute Gasteiger partial charge is 0.493 e. The molecule has 0 radical (unpaired) electrons. The minimum atomic E-state index is -3.17. The molecule has 1 rings (SSSR count). The Morgan fingerprint density at radius 3 is 2.48 bits per heavy atom. The Morgan fingerprint density at radius 1 is 1.29 bits per heavy atom. The van der Waals surface area contributed by atoms with Gasteiger partial charge in [-0.1, -0.05) is 11.8 Å². The minimum absolute atomic E-state index is 0.0123. The molecule has 0 bridgehead atoms. The monoisotopic (exact) mass is 310 g/mol. The van der Waals surface area contributed by atoms with Crippen LogP contribution in [-0.2, 0) is 9.84 Å². The third-order valence-corrected chi connectivity index (χ3v) is 5.62. The lowest BCUT2D eigenvalue weighted by Gasteiger charge is -2.19. The molecule has 0 unspecified atom stereocenters. The number of hydrogen-bond donors (Lipinski definition) is 1.